The van der Waals surface area contributed by atoms with E-state index in [9.17, 15) is 18.0 Å². The number of alkyl halides is 3. The maximum atomic E-state index is 11.7. The lowest BCUT2D eigenvalue weighted by molar-refractivity contribution is -0.175. The molecule has 0 unspecified atom stereocenters. The van der Waals surface area contributed by atoms with E-state index in [-0.39, 0.29) is 6.54 Å². The first-order valence-electron chi connectivity index (χ1n) is 5.02. The predicted molar refractivity (Wildman–Crippen MR) is 62.9 cm³/mol. The molecule has 100 valence electrons. The van der Waals surface area contributed by atoms with Crippen molar-refractivity contribution in [1.29, 1.82) is 0 Å². The normalized spacial score (nSPS) is 11.3. The maximum Gasteiger partial charge on any atom is 0.411 e. The van der Waals surface area contributed by atoms with Crippen molar-refractivity contribution in [2.45, 2.75) is 12.7 Å². The van der Waals surface area contributed by atoms with Crippen LogP contribution < -0.4 is 5.32 Å². The molecule has 0 saturated heterocycles. The van der Waals surface area contributed by atoms with E-state index in [2.05, 4.69) is 26.0 Å². The smallest absolute Gasteiger partial charge is 0.362 e. The summed E-state index contributed by atoms with van der Waals surface area (Å²) < 4.78 is 40.3. The summed E-state index contributed by atoms with van der Waals surface area (Å²) in [5.74, 6) is -0.581. The van der Waals surface area contributed by atoms with E-state index in [0.29, 0.717) is 0 Å². The third-order valence-electron chi connectivity index (χ3n) is 1.90. The number of rotatable bonds is 5. The van der Waals surface area contributed by atoms with E-state index in [1.165, 1.54) is 0 Å². The van der Waals surface area contributed by atoms with Gasteiger partial charge < -0.3 is 10.1 Å². The van der Waals surface area contributed by atoms with Crippen LogP contribution in [0.4, 0.5) is 13.2 Å². The Balaban J connectivity index is 2.23. The van der Waals surface area contributed by atoms with Gasteiger partial charge in [-0.2, -0.15) is 13.2 Å². The SMILES string of the molecule is O=C(COCC(F)(F)F)NCc1ccc(Br)cc1. The van der Waals surface area contributed by atoms with Gasteiger partial charge in [-0.1, -0.05) is 28.1 Å². The Hall–Kier alpha value is -1.08. The van der Waals surface area contributed by atoms with Crippen LogP contribution in [-0.4, -0.2) is 25.3 Å². The summed E-state index contributed by atoms with van der Waals surface area (Å²) in [6.45, 7) is -1.77. The number of carbonyl (C=O) groups is 1. The number of nitrogens with one attached hydrogen (secondary N) is 1. The fourth-order valence-electron chi connectivity index (χ4n) is 1.11. The maximum absolute atomic E-state index is 11.7. The average molecular weight is 326 g/mol. The molecule has 0 saturated carbocycles. The summed E-state index contributed by atoms with van der Waals surface area (Å²) in [5, 5.41) is 2.46. The van der Waals surface area contributed by atoms with Gasteiger partial charge in [0.2, 0.25) is 5.91 Å². The minimum atomic E-state index is -4.41. The summed E-state index contributed by atoms with van der Waals surface area (Å²) >= 11 is 3.26. The molecule has 3 nitrogen and oxygen atoms in total. The summed E-state index contributed by atoms with van der Waals surface area (Å²) in [6.07, 6.45) is -4.41. The molecular weight excluding hydrogens is 315 g/mol. The van der Waals surface area contributed by atoms with Crippen LogP contribution in [0.3, 0.4) is 0 Å². The van der Waals surface area contributed by atoms with Crippen LogP contribution in [0.1, 0.15) is 5.56 Å². The lowest BCUT2D eigenvalue weighted by Crippen LogP contribution is -2.29. The highest BCUT2D eigenvalue weighted by atomic mass is 79.9. The number of carbonyl (C=O) groups excluding carboxylic acids is 1. The summed E-state index contributed by atoms with van der Waals surface area (Å²) in [4.78, 5) is 11.2. The molecule has 0 aliphatic rings. The fraction of sp³-hybridized carbons (Fsp3) is 0.364. The van der Waals surface area contributed by atoms with Crippen LogP contribution >= 0.6 is 15.9 Å². The summed E-state index contributed by atoms with van der Waals surface area (Å²) in [7, 11) is 0. The highest BCUT2D eigenvalue weighted by Gasteiger charge is 2.27. The largest absolute Gasteiger partial charge is 0.411 e. The monoisotopic (exact) mass is 325 g/mol. The van der Waals surface area contributed by atoms with E-state index in [1.807, 2.05) is 12.1 Å². The molecule has 0 spiro atoms. The van der Waals surface area contributed by atoms with Gasteiger partial charge in [0.05, 0.1) is 0 Å². The summed E-state index contributed by atoms with van der Waals surface area (Å²) in [5.41, 5.74) is 0.849. The topological polar surface area (TPSA) is 38.3 Å². The second kappa shape index (κ2) is 6.75. The number of hydrogen-bond donors (Lipinski definition) is 1. The first-order chi connectivity index (χ1) is 8.37. The van der Waals surface area contributed by atoms with Gasteiger partial charge in [0.25, 0.3) is 0 Å². The lowest BCUT2D eigenvalue weighted by Gasteiger charge is -2.08. The Morgan fingerprint density at radius 2 is 1.89 bits per heavy atom. The Morgan fingerprint density at radius 1 is 1.28 bits per heavy atom. The van der Waals surface area contributed by atoms with E-state index in [1.54, 1.807) is 12.1 Å². The van der Waals surface area contributed by atoms with Crippen LogP contribution in [0.2, 0.25) is 0 Å². The highest BCUT2D eigenvalue weighted by molar-refractivity contribution is 9.10. The summed E-state index contributed by atoms with van der Waals surface area (Å²) in [6, 6.07) is 7.20. The van der Waals surface area contributed by atoms with Crippen molar-refractivity contribution in [3.8, 4) is 0 Å². The standard InChI is InChI=1S/C11H11BrF3NO2/c12-9-3-1-8(2-4-9)5-16-10(17)6-18-7-11(13,14)15/h1-4H,5-7H2,(H,16,17). The van der Waals surface area contributed by atoms with Crippen molar-refractivity contribution < 1.29 is 22.7 Å². The van der Waals surface area contributed by atoms with E-state index < -0.39 is 25.3 Å². The Kier molecular flexibility index (Phi) is 5.61. The van der Waals surface area contributed by atoms with Gasteiger partial charge in [0.1, 0.15) is 13.2 Å². The van der Waals surface area contributed by atoms with Gasteiger partial charge in [-0.15, -0.1) is 0 Å². The molecule has 0 bridgehead atoms. The minimum absolute atomic E-state index is 0.251. The molecule has 0 heterocycles. The average Bonchev–Trinajstić information content (AvgIpc) is 2.26. The molecule has 1 amide bonds. The third-order valence-corrected chi connectivity index (χ3v) is 2.43. The van der Waals surface area contributed by atoms with Gasteiger partial charge in [-0.25, -0.2) is 0 Å². The zero-order valence-electron chi connectivity index (χ0n) is 9.26. The molecule has 0 fully saturated rings. The number of benzene rings is 1. The highest BCUT2D eigenvalue weighted by Crippen LogP contribution is 2.14. The Labute approximate surface area is 110 Å². The van der Waals surface area contributed by atoms with E-state index in [0.717, 1.165) is 10.0 Å². The predicted octanol–water partition coefficient (Wildman–Crippen LogP) is 2.64. The third kappa shape index (κ3) is 6.61. The number of hydrogen-bond acceptors (Lipinski definition) is 2. The molecule has 18 heavy (non-hydrogen) atoms. The zero-order valence-corrected chi connectivity index (χ0v) is 10.8. The Morgan fingerprint density at radius 3 is 2.44 bits per heavy atom. The van der Waals surface area contributed by atoms with Crippen LogP contribution in [0.5, 0.6) is 0 Å². The lowest BCUT2D eigenvalue weighted by atomic mass is 10.2. The van der Waals surface area contributed by atoms with Crippen molar-refractivity contribution in [3.63, 3.8) is 0 Å². The van der Waals surface area contributed by atoms with Gasteiger partial charge in [0, 0.05) is 11.0 Å². The van der Waals surface area contributed by atoms with Crippen molar-refractivity contribution in [2.24, 2.45) is 0 Å². The molecule has 7 heteroatoms. The van der Waals surface area contributed by atoms with E-state index >= 15 is 0 Å². The van der Waals surface area contributed by atoms with Crippen LogP contribution in [0.25, 0.3) is 0 Å². The number of halogens is 4. The molecule has 0 aliphatic heterocycles. The van der Waals surface area contributed by atoms with Crippen molar-refractivity contribution in [3.05, 3.63) is 34.3 Å². The first kappa shape index (κ1) is 15.0. The first-order valence-corrected chi connectivity index (χ1v) is 5.82. The van der Waals surface area contributed by atoms with Crippen LogP contribution in [0, 0.1) is 0 Å². The fourth-order valence-corrected chi connectivity index (χ4v) is 1.38. The zero-order chi connectivity index (χ0) is 13.6. The Bertz CT molecular complexity index is 392. The second-order valence-electron chi connectivity index (χ2n) is 3.51. The number of amides is 1. The van der Waals surface area contributed by atoms with Crippen molar-refractivity contribution >= 4 is 21.8 Å². The molecule has 1 rings (SSSR count). The quantitative estimate of drug-likeness (QED) is 0.903. The van der Waals surface area contributed by atoms with Crippen LogP contribution in [-0.2, 0) is 16.1 Å². The molecule has 0 aliphatic carbocycles. The van der Waals surface area contributed by atoms with Crippen molar-refractivity contribution in [1.82, 2.24) is 5.32 Å². The molecular formula is C11H11BrF3NO2. The molecule has 1 aromatic rings. The molecule has 1 aromatic carbocycles. The van der Waals surface area contributed by atoms with Gasteiger partial charge in [-0.3, -0.25) is 4.79 Å². The number of ether oxygens (including phenoxy) is 1. The van der Waals surface area contributed by atoms with Gasteiger partial charge in [0.15, 0.2) is 0 Å². The van der Waals surface area contributed by atoms with Crippen LogP contribution in [0.15, 0.2) is 28.7 Å². The van der Waals surface area contributed by atoms with Crippen molar-refractivity contribution in [2.75, 3.05) is 13.2 Å². The van der Waals surface area contributed by atoms with E-state index in [4.69, 9.17) is 0 Å². The van der Waals surface area contributed by atoms with Gasteiger partial charge in [-0.05, 0) is 17.7 Å². The second-order valence-corrected chi connectivity index (χ2v) is 4.43. The molecule has 0 radical (unpaired) electrons. The molecule has 0 aromatic heterocycles. The molecule has 0 atom stereocenters. The molecule has 1 N–H and O–H groups in total. The van der Waals surface area contributed by atoms with Gasteiger partial charge >= 0.3 is 6.18 Å². The minimum Gasteiger partial charge on any atom is -0.362 e.